The number of hydrogen-bond donors (Lipinski definition) is 2. The maximum absolute atomic E-state index is 11.8. The lowest BCUT2D eigenvalue weighted by molar-refractivity contribution is -0.121. The molecule has 0 spiro atoms. The number of carbonyl (C=O) groups excluding carboxylic acids is 1. The molecular formula is C20H31N5O. The lowest BCUT2D eigenvalue weighted by Gasteiger charge is -2.10. The fourth-order valence-corrected chi connectivity index (χ4v) is 2.91. The molecule has 1 amide bonds. The smallest absolute Gasteiger partial charge is 0.220 e. The predicted molar refractivity (Wildman–Crippen MR) is 107 cm³/mol. The first-order valence-electron chi connectivity index (χ1n) is 9.26. The molecule has 6 heteroatoms. The average Bonchev–Trinajstić information content (AvgIpc) is 2.95. The summed E-state index contributed by atoms with van der Waals surface area (Å²) in [5.74, 6) is 1.15. The molecule has 0 aliphatic carbocycles. The highest BCUT2D eigenvalue weighted by Gasteiger charge is 2.14. The van der Waals surface area contributed by atoms with Gasteiger partial charge in [0, 0.05) is 32.1 Å². The van der Waals surface area contributed by atoms with E-state index in [0.717, 1.165) is 43.0 Å². The molecule has 0 radical (unpaired) electrons. The van der Waals surface area contributed by atoms with E-state index in [-0.39, 0.29) is 5.91 Å². The molecule has 0 fully saturated rings. The molecule has 2 N–H and O–H groups in total. The zero-order valence-electron chi connectivity index (χ0n) is 16.4. The molecule has 1 aromatic heterocycles. The van der Waals surface area contributed by atoms with Crippen LogP contribution in [0.1, 0.15) is 30.5 Å². The fourth-order valence-electron chi connectivity index (χ4n) is 2.91. The van der Waals surface area contributed by atoms with Gasteiger partial charge in [0.25, 0.3) is 0 Å². The molecule has 142 valence electrons. The van der Waals surface area contributed by atoms with E-state index in [1.54, 1.807) is 0 Å². The van der Waals surface area contributed by atoms with Crippen LogP contribution >= 0.6 is 0 Å². The predicted octanol–water partition coefficient (Wildman–Crippen LogP) is 2.61. The van der Waals surface area contributed by atoms with Crippen LogP contribution in [0.5, 0.6) is 0 Å². The van der Waals surface area contributed by atoms with Gasteiger partial charge in [0.05, 0.1) is 11.4 Å². The van der Waals surface area contributed by atoms with Gasteiger partial charge in [-0.2, -0.15) is 5.10 Å². The maximum atomic E-state index is 11.8. The van der Waals surface area contributed by atoms with Crippen molar-refractivity contribution >= 4 is 11.7 Å². The highest BCUT2D eigenvalue weighted by atomic mass is 16.1. The van der Waals surface area contributed by atoms with Gasteiger partial charge in [-0.15, -0.1) is 0 Å². The van der Waals surface area contributed by atoms with Crippen molar-refractivity contribution in [3.05, 3.63) is 41.6 Å². The number of rotatable bonds is 10. The Morgan fingerprint density at radius 1 is 1.19 bits per heavy atom. The largest absolute Gasteiger partial charge is 0.373 e. The minimum Gasteiger partial charge on any atom is -0.373 e. The summed E-state index contributed by atoms with van der Waals surface area (Å²) < 4.78 is 1.96. The number of para-hydroxylation sites is 1. The van der Waals surface area contributed by atoms with E-state index in [1.807, 2.05) is 44.0 Å². The quantitative estimate of drug-likeness (QED) is 0.642. The van der Waals surface area contributed by atoms with Gasteiger partial charge in [-0.3, -0.25) is 4.79 Å². The molecule has 26 heavy (non-hydrogen) atoms. The molecule has 0 aliphatic heterocycles. The lowest BCUT2D eigenvalue weighted by atomic mass is 10.1. The second-order valence-corrected chi connectivity index (χ2v) is 6.78. The van der Waals surface area contributed by atoms with Crippen LogP contribution in [-0.4, -0.2) is 54.8 Å². The number of amides is 1. The van der Waals surface area contributed by atoms with Crippen molar-refractivity contribution in [1.82, 2.24) is 20.0 Å². The summed E-state index contributed by atoms with van der Waals surface area (Å²) in [4.78, 5) is 13.9. The van der Waals surface area contributed by atoms with E-state index in [2.05, 4.69) is 34.6 Å². The first kappa shape index (κ1) is 20.0. The normalized spacial score (nSPS) is 11.0. The lowest BCUT2D eigenvalue weighted by Crippen LogP contribution is -2.31. The van der Waals surface area contributed by atoms with E-state index in [1.165, 1.54) is 5.56 Å². The Morgan fingerprint density at radius 3 is 2.58 bits per heavy atom. The Balaban J connectivity index is 1.86. The number of hydrogen-bond acceptors (Lipinski definition) is 4. The van der Waals surface area contributed by atoms with Crippen LogP contribution in [0.15, 0.2) is 30.3 Å². The van der Waals surface area contributed by atoms with Crippen LogP contribution < -0.4 is 10.6 Å². The van der Waals surface area contributed by atoms with Gasteiger partial charge in [-0.05, 0) is 52.4 Å². The van der Waals surface area contributed by atoms with Gasteiger partial charge < -0.3 is 15.5 Å². The molecule has 1 aromatic carbocycles. The maximum Gasteiger partial charge on any atom is 0.220 e. The molecule has 0 bridgehead atoms. The van der Waals surface area contributed by atoms with E-state index in [4.69, 9.17) is 5.10 Å². The van der Waals surface area contributed by atoms with Crippen molar-refractivity contribution in [2.24, 2.45) is 0 Å². The third kappa shape index (κ3) is 5.59. The Labute approximate surface area is 156 Å². The number of nitrogens with one attached hydrogen (secondary N) is 2. The van der Waals surface area contributed by atoms with Crippen LogP contribution in [0, 0.1) is 6.92 Å². The number of benzene rings is 1. The van der Waals surface area contributed by atoms with Crippen molar-refractivity contribution in [3.63, 3.8) is 0 Å². The number of unbranched alkanes of at least 4 members (excludes halogenated alkanes) is 1. The molecule has 0 saturated carbocycles. The third-order valence-electron chi connectivity index (χ3n) is 4.41. The summed E-state index contributed by atoms with van der Waals surface area (Å²) in [6.45, 7) is 3.67. The minimum absolute atomic E-state index is 0.134. The van der Waals surface area contributed by atoms with Crippen LogP contribution in [-0.2, 0) is 11.2 Å². The summed E-state index contributed by atoms with van der Waals surface area (Å²) in [6, 6.07) is 10.1. The van der Waals surface area contributed by atoms with Crippen LogP contribution in [0.4, 0.5) is 5.82 Å². The van der Waals surface area contributed by atoms with Gasteiger partial charge in [0.15, 0.2) is 0 Å². The van der Waals surface area contributed by atoms with Gasteiger partial charge in [-0.1, -0.05) is 18.2 Å². The monoisotopic (exact) mass is 357 g/mol. The Hall–Kier alpha value is -2.34. The molecule has 0 unspecified atom stereocenters. The first-order chi connectivity index (χ1) is 12.5. The summed E-state index contributed by atoms with van der Waals surface area (Å²) >= 11 is 0. The molecular weight excluding hydrogens is 326 g/mol. The summed E-state index contributed by atoms with van der Waals surface area (Å²) in [7, 11) is 5.93. The second kappa shape index (κ2) is 9.97. The zero-order valence-corrected chi connectivity index (χ0v) is 16.4. The van der Waals surface area contributed by atoms with Gasteiger partial charge in [0.1, 0.15) is 5.82 Å². The molecule has 0 aliphatic rings. The Morgan fingerprint density at radius 2 is 1.92 bits per heavy atom. The number of aromatic nitrogens is 2. The number of likely N-dealkylation sites (N-methyl/N-ethyl adjacent to an activating group) is 1. The zero-order chi connectivity index (χ0) is 18.9. The molecule has 1 heterocycles. The van der Waals surface area contributed by atoms with Gasteiger partial charge in [-0.25, -0.2) is 4.68 Å². The van der Waals surface area contributed by atoms with Crippen LogP contribution in [0.25, 0.3) is 5.69 Å². The fraction of sp³-hybridized carbons (Fsp3) is 0.500. The SMILES string of the molecule is CNc1c(C)c(CCCCC(=O)NCCN(C)C)nn1-c1ccccc1. The van der Waals surface area contributed by atoms with Gasteiger partial charge >= 0.3 is 0 Å². The number of aryl methyl sites for hydroxylation is 1. The van der Waals surface area contributed by atoms with E-state index < -0.39 is 0 Å². The molecule has 0 atom stereocenters. The van der Waals surface area contributed by atoms with Gasteiger partial charge in [0.2, 0.25) is 5.91 Å². The molecule has 0 saturated heterocycles. The van der Waals surface area contributed by atoms with Crippen LogP contribution in [0.3, 0.4) is 0 Å². The Bertz CT molecular complexity index is 694. The highest BCUT2D eigenvalue weighted by molar-refractivity contribution is 5.75. The summed E-state index contributed by atoms with van der Waals surface area (Å²) in [6.07, 6.45) is 3.29. The summed E-state index contributed by atoms with van der Waals surface area (Å²) in [5.41, 5.74) is 3.31. The minimum atomic E-state index is 0.134. The third-order valence-corrected chi connectivity index (χ3v) is 4.41. The van der Waals surface area contributed by atoms with Crippen molar-refractivity contribution in [1.29, 1.82) is 0 Å². The topological polar surface area (TPSA) is 62.2 Å². The average molecular weight is 358 g/mol. The standard InChI is InChI=1S/C20H31N5O/c1-16-18(12-8-9-13-19(26)22-14-15-24(3)4)23-25(20(16)21-2)17-10-6-5-7-11-17/h5-7,10-11,21H,8-9,12-15H2,1-4H3,(H,22,26). The van der Waals surface area contributed by atoms with Crippen molar-refractivity contribution in [2.75, 3.05) is 39.5 Å². The number of anilines is 1. The second-order valence-electron chi connectivity index (χ2n) is 6.78. The van der Waals surface area contributed by atoms with E-state index in [9.17, 15) is 4.79 Å². The first-order valence-corrected chi connectivity index (χ1v) is 9.26. The Kier molecular flexibility index (Phi) is 7.66. The van der Waals surface area contributed by atoms with Crippen molar-refractivity contribution in [3.8, 4) is 5.69 Å². The molecule has 6 nitrogen and oxygen atoms in total. The number of carbonyl (C=O) groups is 1. The van der Waals surface area contributed by atoms with Crippen molar-refractivity contribution < 1.29 is 4.79 Å². The summed E-state index contributed by atoms with van der Waals surface area (Å²) in [5, 5.41) is 11.0. The van der Waals surface area contributed by atoms with Crippen LogP contribution in [0.2, 0.25) is 0 Å². The number of nitrogens with zero attached hydrogens (tertiary/aromatic N) is 3. The van der Waals surface area contributed by atoms with Crippen molar-refractivity contribution in [2.45, 2.75) is 32.6 Å². The molecule has 2 rings (SSSR count). The van der Waals surface area contributed by atoms with E-state index >= 15 is 0 Å². The highest BCUT2D eigenvalue weighted by Crippen LogP contribution is 2.24. The molecule has 2 aromatic rings. The van der Waals surface area contributed by atoms with E-state index in [0.29, 0.717) is 13.0 Å².